The summed E-state index contributed by atoms with van der Waals surface area (Å²) in [6, 6.07) is 10.7. The lowest BCUT2D eigenvalue weighted by molar-refractivity contribution is -0.136. The zero-order valence-electron chi connectivity index (χ0n) is 16.6. The van der Waals surface area contributed by atoms with Crippen LogP contribution in [0.15, 0.2) is 53.2 Å². The second-order valence-electron chi connectivity index (χ2n) is 7.00. The fourth-order valence-electron chi connectivity index (χ4n) is 4.07. The third-order valence-electron chi connectivity index (χ3n) is 5.30. The Morgan fingerprint density at radius 2 is 1.77 bits per heavy atom. The van der Waals surface area contributed by atoms with Crippen molar-refractivity contribution in [2.45, 2.75) is 19.8 Å². The van der Waals surface area contributed by atoms with Crippen LogP contribution < -0.4 is 10.1 Å². The Bertz CT molecular complexity index is 1130. The molecule has 0 amide bonds. The summed E-state index contributed by atoms with van der Waals surface area (Å²) >= 11 is 12.9. The third kappa shape index (κ3) is 3.09. The highest BCUT2D eigenvalue weighted by atomic mass is 35.5. The summed E-state index contributed by atoms with van der Waals surface area (Å²) < 4.78 is 10.6. The number of benzene rings is 2. The highest BCUT2D eigenvalue weighted by Gasteiger charge is 2.43. The van der Waals surface area contributed by atoms with Crippen molar-refractivity contribution < 1.29 is 19.1 Å². The van der Waals surface area contributed by atoms with Crippen molar-refractivity contribution in [3.05, 3.63) is 80.0 Å². The molecule has 2 aromatic carbocycles. The summed E-state index contributed by atoms with van der Waals surface area (Å²) in [4.78, 5) is 26.1. The molecule has 30 heavy (non-hydrogen) atoms. The monoisotopic (exact) mass is 443 g/mol. The van der Waals surface area contributed by atoms with Crippen LogP contribution in [0.2, 0.25) is 10.0 Å². The predicted molar refractivity (Wildman–Crippen MR) is 116 cm³/mol. The molecule has 0 aromatic heterocycles. The first-order valence-corrected chi connectivity index (χ1v) is 10.2. The van der Waals surface area contributed by atoms with Crippen molar-refractivity contribution >= 4 is 40.7 Å². The molecular weight excluding hydrogens is 425 g/mol. The minimum atomic E-state index is -0.681. The molecule has 0 bridgehead atoms. The summed E-state index contributed by atoms with van der Waals surface area (Å²) in [5.41, 5.74) is 4.11. The lowest BCUT2D eigenvalue weighted by Gasteiger charge is -2.29. The van der Waals surface area contributed by atoms with Crippen molar-refractivity contribution in [3.63, 3.8) is 0 Å². The van der Waals surface area contributed by atoms with E-state index in [0.29, 0.717) is 56.1 Å². The Hall–Kier alpha value is -2.76. The first kappa shape index (κ1) is 20.5. The summed E-state index contributed by atoms with van der Waals surface area (Å²) in [7, 11) is 1.31. The van der Waals surface area contributed by atoms with Gasteiger partial charge < -0.3 is 14.8 Å². The van der Waals surface area contributed by atoms with Gasteiger partial charge in [-0.1, -0.05) is 47.5 Å². The number of methoxy groups -OCH3 is 1. The van der Waals surface area contributed by atoms with Gasteiger partial charge in [0.25, 0.3) is 0 Å². The lowest BCUT2D eigenvalue weighted by Crippen LogP contribution is -2.29. The van der Waals surface area contributed by atoms with E-state index in [1.165, 1.54) is 7.11 Å². The number of ether oxygens (including phenoxy) is 2. The fourth-order valence-corrected chi connectivity index (χ4v) is 4.68. The first-order valence-electron chi connectivity index (χ1n) is 9.45. The molecular formula is C23H19Cl2NO4. The minimum Gasteiger partial charge on any atom is -0.491 e. The van der Waals surface area contributed by atoms with E-state index in [1.54, 1.807) is 25.1 Å². The van der Waals surface area contributed by atoms with Gasteiger partial charge in [-0.3, -0.25) is 4.79 Å². The summed E-state index contributed by atoms with van der Waals surface area (Å²) in [5.74, 6) is -0.983. The van der Waals surface area contributed by atoms with Crippen molar-refractivity contribution in [1.29, 1.82) is 0 Å². The van der Waals surface area contributed by atoms with Gasteiger partial charge in [0, 0.05) is 28.3 Å². The number of carbonyl (C=O) groups excluding carboxylic acids is 2. The maximum Gasteiger partial charge on any atom is 0.336 e. The molecule has 1 aliphatic carbocycles. The number of nitrogens with one attached hydrogen (secondary N) is 1. The molecule has 1 atom stereocenters. The second-order valence-corrected chi connectivity index (χ2v) is 7.81. The number of ketones is 1. The van der Waals surface area contributed by atoms with Gasteiger partial charge in [0.2, 0.25) is 0 Å². The van der Waals surface area contributed by atoms with Gasteiger partial charge in [-0.25, -0.2) is 4.79 Å². The van der Waals surface area contributed by atoms with E-state index in [2.05, 4.69) is 5.32 Å². The highest BCUT2D eigenvalue weighted by Crippen LogP contribution is 2.48. The van der Waals surface area contributed by atoms with Crippen molar-refractivity contribution in [2.24, 2.45) is 0 Å². The molecule has 0 saturated carbocycles. The molecule has 5 nitrogen and oxygen atoms in total. The number of allylic oxidation sites excluding steroid dienone is 2. The normalized spacial score (nSPS) is 17.5. The number of halogens is 2. The van der Waals surface area contributed by atoms with E-state index in [-0.39, 0.29) is 5.78 Å². The summed E-state index contributed by atoms with van der Waals surface area (Å²) in [6.45, 7) is 4.02. The molecule has 0 fully saturated rings. The Labute approximate surface area is 184 Å². The van der Waals surface area contributed by atoms with Crippen LogP contribution in [0.3, 0.4) is 0 Å². The Morgan fingerprint density at radius 3 is 2.37 bits per heavy atom. The van der Waals surface area contributed by atoms with Gasteiger partial charge in [-0.05, 0) is 31.5 Å². The highest BCUT2D eigenvalue weighted by molar-refractivity contribution is 6.37. The molecule has 0 unspecified atom stereocenters. The van der Waals surface area contributed by atoms with Crippen molar-refractivity contribution in [1.82, 2.24) is 5.32 Å². The van der Waals surface area contributed by atoms with E-state index >= 15 is 0 Å². The second kappa shape index (κ2) is 7.82. The first-order chi connectivity index (χ1) is 14.4. The number of carbonyl (C=O) groups is 2. The smallest absolute Gasteiger partial charge is 0.336 e. The minimum absolute atomic E-state index is 0.145. The van der Waals surface area contributed by atoms with Crippen LogP contribution in [-0.2, 0) is 9.53 Å². The van der Waals surface area contributed by atoms with E-state index in [0.717, 1.165) is 5.56 Å². The van der Waals surface area contributed by atoms with Gasteiger partial charge in [0.15, 0.2) is 11.5 Å². The molecule has 0 radical (unpaired) electrons. The van der Waals surface area contributed by atoms with Gasteiger partial charge in [0.1, 0.15) is 0 Å². The molecule has 1 aliphatic heterocycles. The molecule has 2 aliphatic rings. The Balaban J connectivity index is 1.95. The van der Waals surface area contributed by atoms with Crippen LogP contribution in [0.5, 0.6) is 5.75 Å². The van der Waals surface area contributed by atoms with E-state index in [1.807, 2.05) is 25.1 Å². The maximum atomic E-state index is 13.4. The SMILES string of the molecule is CCOc1c(Cl)cc([C@@H]2C(C(=O)OC)=C(C)NC3=C2C(=O)c2ccccc23)cc1Cl. The Kier molecular flexibility index (Phi) is 5.35. The number of fused-ring (bicyclic) bond motifs is 2. The average Bonchev–Trinajstić information content (AvgIpc) is 3.01. The third-order valence-corrected chi connectivity index (χ3v) is 5.86. The van der Waals surface area contributed by atoms with Crippen molar-refractivity contribution in [2.75, 3.05) is 13.7 Å². The van der Waals surface area contributed by atoms with Gasteiger partial charge in [-0.2, -0.15) is 0 Å². The molecule has 4 rings (SSSR count). The van der Waals surface area contributed by atoms with E-state index < -0.39 is 11.9 Å². The molecule has 154 valence electrons. The molecule has 7 heteroatoms. The van der Waals surface area contributed by atoms with Crippen LogP contribution in [-0.4, -0.2) is 25.5 Å². The lowest BCUT2D eigenvalue weighted by atomic mass is 9.80. The van der Waals surface area contributed by atoms with Crippen LogP contribution in [0, 0.1) is 0 Å². The zero-order valence-corrected chi connectivity index (χ0v) is 18.1. The molecule has 1 heterocycles. The van der Waals surface area contributed by atoms with E-state index in [4.69, 9.17) is 32.7 Å². The summed E-state index contributed by atoms with van der Waals surface area (Å²) in [5, 5.41) is 3.86. The zero-order chi connectivity index (χ0) is 21.6. The van der Waals surface area contributed by atoms with Crippen LogP contribution in [0.25, 0.3) is 5.70 Å². The van der Waals surface area contributed by atoms with Crippen LogP contribution in [0.1, 0.15) is 41.3 Å². The number of hydrogen-bond acceptors (Lipinski definition) is 5. The number of Topliss-reactive ketones (excluding diaryl/α,β-unsaturated/α-hetero) is 1. The largest absolute Gasteiger partial charge is 0.491 e. The van der Waals surface area contributed by atoms with E-state index in [9.17, 15) is 9.59 Å². The topological polar surface area (TPSA) is 64.6 Å². The van der Waals surface area contributed by atoms with Crippen LogP contribution >= 0.6 is 23.2 Å². The quantitative estimate of drug-likeness (QED) is 0.663. The Morgan fingerprint density at radius 1 is 1.13 bits per heavy atom. The van der Waals surface area contributed by atoms with Crippen LogP contribution in [0.4, 0.5) is 0 Å². The van der Waals surface area contributed by atoms with Gasteiger partial charge in [-0.15, -0.1) is 0 Å². The number of hydrogen-bond donors (Lipinski definition) is 1. The number of dihydropyridines is 1. The molecule has 2 aromatic rings. The van der Waals surface area contributed by atoms with Gasteiger partial charge >= 0.3 is 5.97 Å². The molecule has 0 spiro atoms. The summed E-state index contributed by atoms with van der Waals surface area (Å²) in [6.07, 6.45) is 0. The van der Waals surface area contributed by atoms with Gasteiger partial charge in [0.05, 0.1) is 35.0 Å². The predicted octanol–water partition coefficient (Wildman–Crippen LogP) is 5.13. The fraction of sp³-hybridized carbons (Fsp3) is 0.217. The molecule has 1 N–H and O–H groups in total. The molecule has 0 saturated heterocycles. The number of esters is 1. The number of rotatable bonds is 4. The van der Waals surface area contributed by atoms with Crippen molar-refractivity contribution in [3.8, 4) is 5.75 Å². The maximum absolute atomic E-state index is 13.4. The standard InChI is InChI=1S/C23H19Cl2NO4/c1-4-30-22-15(24)9-12(10-16(22)25)18-17(23(28)29-3)11(2)26-20-13-7-5-6-8-14(13)21(27)19(18)20/h5-10,18,26H,4H2,1-3H3/t18-/m1/s1. The average molecular weight is 444 g/mol.